The van der Waals surface area contributed by atoms with Crippen molar-refractivity contribution in [3.63, 3.8) is 0 Å². The highest BCUT2D eigenvalue weighted by Crippen LogP contribution is 2.17. The zero-order chi connectivity index (χ0) is 20.1. The average Bonchev–Trinajstić information content (AvgIpc) is 2.59. The van der Waals surface area contributed by atoms with E-state index in [9.17, 15) is 19.5 Å². The maximum absolute atomic E-state index is 12.9. The molecule has 1 aromatic heterocycles. The number of carbonyl (C=O) groups excluding carboxylic acids is 1. The largest absolute Gasteiger partial charge is 0.480 e. The zero-order valence-electron chi connectivity index (χ0n) is 16.0. The minimum absolute atomic E-state index is 0.0919. The number of nitrogens with one attached hydrogen (secondary N) is 1. The standard InChI is InChI=1S/C19H26N4O4/c1-11(2)9-15(19(26)27)20-17(24)16(10-12(3)4)23-18(25)13-7-5-6-8-14(13)21-22-23/h5-8,11-12,15-16H,9-10H2,1-4H3,(H,20,24)(H,26,27). The Morgan fingerprint density at radius 2 is 1.74 bits per heavy atom. The second kappa shape index (κ2) is 8.75. The summed E-state index contributed by atoms with van der Waals surface area (Å²) in [6.07, 6.45) is 0.639. The third-order valence-electron chi connectivity index (χ3n) is 4.21. The lowest BCUT2D eigenvalue weighted by molar-refractivity contribution is -0.143. The molecule has 2 N–H and O–H groups in total. The van der Waals surface area contributed by atoms with Crippen LogP contribution in [0, 0.1) is 11.8 Å². The molecule has 27 heavy (non-hydrogen) atoms. The van der Waals surface area contributed by atoms with Crippen molar-refractivity contribution in [2.45, 2.75) is 52.6 Å². The number of carboxylic acids is 1. The van der Waals surface area contributed by atoms with Gasteiger partial charge < -0.3 is 10.4 Å². The molecule has 0 aliphatic rings. The minimum atomic E-state index is -1.10. The van der Waals surface area contributed by atoms with Gasteiger partial charge in [0.25, 0.3) is 5.56 Å². The highest BCUT2D eigenvalue weighted by Gasteiger charge is 2.29. The van der Waals surface area contributed by atoms with E-state index in [0.717, 1.165) is 4.68 Å². The van der Waals surface area contributed by atoms with Gasteiger partial charge in [0, 0.05) is 0 Å². The van der Waals surface area contributed by atoms with Gasteiger partial charge in [0.1, 0.15) is 17.6 Å². The van der Waals surface area contributed by atoms with Gasteiger partial charge >= 0.3 is 5.97 Å². The number of aromatic nitrogens is 3. The number of rotatable bonds is 8. The number of amides is 1. The van der Waals surface area contributed by atoms with Crippen LogP contribution in [0.25, 0.3) is 10.9 Å². The highest BCUT2D eigenvalue weighted by molar-refractivity contribution is 5.86. The Hall–Kier alpha value is -2.77. The number of carboxylic acid groups (broad SMARTS) is 1. The van der Waals surface area contributed by atoms with E-state index in [-0.39, 0.29) is 11.8 Å². The number of carbonyl (C=O) groups is 2. The fourth-order valence-electron chi connectivity index (χ4n) is 2.93. The number of aliphatic carboxylic acids is 1. The van der Waals surface area contributed by atoms with Crippen LogP contribution in [0.3, 0.4) is 0 Å². The second-order valence-corrected chi connectivity index (χ2v) is 7.53. The van der Waals surface area contributed by atoms with Crippen molar-refractivity contribution in [1.29, 1.82) is 0 Å². The summed E-state index contributed by atoms with van der Waals surface area (Å²) in [4.78, 5) is 37.2. The molecule has 2 rings (SSSR count). The summed E-state index contributed by atoms with van der Waals surface area (Å²) in [7, 11) is 0. The Bertz CT molecular complexity index is 875. The summed E-state index contributed by atoms with van der Waals surface area (Å²) >= 11 is 0. The molecule has 0 aliphatic heterocycles. The van der Waals surface area contributed by atoms with Crippen molar-refractivity contribution in [2.24, 2.45) is 11.8 Å². The van der Waals surface area contributed by atoms with Crippen LogP contribution in [0.1, 0.15) is 46.6 Å². The van der Waals surface area contributed by atoms with Crippen molar-refractivity contribution >= 4 is 22.8 Å². The fraction of sp³-hybridized carbons (Fsp3) is 0.526. The van der Waals surface area contributed by atoms with Crippen LogP contribution < -0.4 is 10.9 Å². The molecule has 0 spiro atoms. The number of fused-ring (bicyclic) bond motifs is 1. The van der Waals surface area contributed by atoms with E-state index in [0.29, 0.717) is 23.7 Å². The van der Waals surface area contributed by atoms with Gasteiger partial charge in [0.2, 0.25) is 5.91 Å². The quantitative estimate of drug-likeness (QED) is 0.730. The van der Waals surface area contributed by atoms with Crippen LogP contribution in [0.2, 0.25) is 0 Å². The SMILES string of the molecule is CC(C)CC(NC(=O)C(CC(C)C)n1nnc2ccccc2c1=O)C(=O)O. The van der Waals surface area contributed by atoms with Crippen LogP contribution in [0.5, 0.6) is 0 Å². The van der Waals surface area contributed by atoms with E-state index in [1.165, 1.54) is 0 Å². The first-order valence-electron chi connectivity index (χ1n) is 9.08. The lowest BCUT2D eigenvalue weighted by atomic mass is 10.0. The van der Waals surface area contributed by atoms with Gasteiger partial charge in [-0.2, -0.15) is 4.68 Å². The number of nitrogens with zero attached hydrogens (tertiary/aromatic N) is 3. The van der Waals surface area contributed by atoms with Crippen LogP contribution in [0.15, 0.2) is 29.1 Å². The third kappa shape index (κ3) is 5.12. The Labute approximate surface area is 157 Å². The number of hydrogen-bond acceptors (Lipinski definition) is 5. The first-order chi connectivity index (χ1) is 12.7. The molecular formula is C19H26N4O4. The van der Waals surface area contributed by atoms with Gasteiger partial charge in [0.15, 0.2) is 0 Å². The summed E-state index contributed by atoms with van der Waals surface area (Å²) in [5.41, 5.74) is 0.0304. The molecule has 1 heterocycles. The van der Waals surface area contributed by atoms with Crippen molar-refractivity contribution in [1.82, 2.24) is 20.3 Å². The van der Waals surface area contributed by atoms with Gasteiger partial charge in [0.05, 0.1) is 5.39 Å². The van der Waals surface area contributed by atoms with Crippen LogP contribution in [0.4, 0.5) is 0 Å². The Morgan fingerprint density at radius 1 is 1.11 bits per heavy atom. The summed E-state index contributed by atoms with van der Waals surface area (Å²) < 4.78 is 1.06. The van der Waals surface area contributed by atoms with Gasteiger partial charge in [-0.05, 0) is 36.8 Å². The van der Waals surface area contributed by atoms with E-state index in [1.54, 1.807) is 24.3 Å². The molecule has 1 amide bonds. The van der Waals surface area contributed by atoms with Gasteiger partial charge in [-0.1, -0.05) is 45.0 Å². The first-order valence-corrected chi connectivity index (χ1v) is 9.08. The molecule has 2 atom stereocenters. The molecule has 0 radical (unpaired) electrons. The molecule has 8 nitrogen and oxygen atoms in total. The van der Waals surface area contributed by atoms with E-state index in [2.05, 4.69) is 15.6 Å². The normalized spacial score (nSPS) is 13.7. The molecule has 0 saturated carbocycles. The van der Waals surface area contributed by atoms with Gasteiger partial charge in [-0.3, -0.25) is 9.59 Å². The monoisotopic (exact) mass is 374 g/mol. The van der Waals surface area contributed by atoms with Crippen molar-refractivity contribution < 1.29 is 14.7 Å². The molecule has 1 aromatic carbocycles. The molecule has 0 aliphatic carbocycles. The van der Waals surface area contributed by atoms with Crippen molar-refractivity contribution in [2.75, 3.05) is 0 Å². The predicted molar refractivity (Wildman–Crippen MR) is 101 cm³/mol. The van der Waals surface area contributed by atoms with Crippen molar-refractivity contribution in [3.05, 3.63) is 34.6 Å². The van der Waals surface area contributed by atoms with Crippen LogP contribution in [-0.2, 0) is 9.59 Å². The summed E-state index contributed by atoms with van der Waals surface area (Å²) in [5, 5.41) is 20.3. The van der Waals surface area contributed by atoms with E-state index < -0.39 is 29.5 Å². The number of benzene rings is 1. The van der Waals surface area contributed by atoms with Crippen molar-refractivity contribution in [3.8, 4) is 0 Å². The van der Waals surface area contributed by atoms with Crippen LogP contribution in [-0.4, -0.2) is 38.0 Å². The summed E-state index contributed by atoms with van der Waals surface area (Å²) in [6.45, 7) is 7.60. The average molecular weight is 374 g/mol. The minimum Gasteiger partial charge on any atom is -0.480 e. The van der Waals surface area contributed by atoms with E-state index >= 15 is 0 Å². The Balaban J connectivity index is 2.40. The smallest absolute Gasteiger partial charge is 0.326 e. The maximum atomic E-state index is 12.9. The molecule has 0 fully saturated rings. The first kappa shape index (κ1) is 20.5. The Morgan fingerprint density at radius 3 is 2.33 bits per heavy atom. The molecule has 2 aromatic rings. The molecule has 0 saturated heterocycles. The Kier molecular flexibility index (Phi) is 6.65. The topological polar surface area (TPSA) is 114 Å². The van der Waals surface area contributed by atoms with Crippen LogP contribution >= 0.6 is 0 Å². The molecule has 146 valence electrons. The number of hydrogen-bond donors (Lipinski definition) is 2. The third-order valence-corrected chi connectivity index (χ3v) is 4.21. The summed E-state index contributed by atoms with van der Waals surface area (Å²) in [6, 6.07) is 4.83. The van der Waals surface area contributed by atoms with E-state index in [4.69, 9.17) is 0 Å². The summed E-state index contributed by atoms with van der Waals surface area (Å²) in [5.74, 6) is -1.45. The highest BCUT2D eigenvalue weighted by atomic mass is 16.4. The fourth-order valence-corrected chi connectivity index (χ4v) is 2.93. The van der Waals surface area contributed by atoms with E-state index in [1.807, 2.05) is 27.7 Å². The van der Waals surface area contributed by atoms with Gasteiger partial charge in [-0.15, -0.1) is 5.10 Å². The molecular weight excluding hydrogens is 348 g/mol. The predicted octanol–water partition coefficient (Wildman–Crippen LogP) is 1.99. The zero-order valence-corrected chi connectivity index (χ0v) is 16.0. The molecule has 8 heteroatoms. The maximum Gasteiger partial charge on any atom is 0.326 e. The lowest BCUT2D eigenvalue weighted by Gasteiger charge is -2.23. The lowest BCUT2D eigenvalue weighted by Crippen LogP contribution is -2.47. The second-order valence-electron chi connectivity index (χ2n) is 7.53. The van der Waals surface area contributed by atoms with Gasteiger partial charge in [-0.25, -0.2) is 4.79 Å². The molecule has 2 unspecified atom stereocenters. The molecule has 0 bridgehead atoms.